The molecule has 1 amide bonds. The molecule has 0 atom stereocenters. The third-order valence-corrected chi connectivity index (χ3v) is 5.72. The molecular formula is C24H23FN4O. The van der Waals surface area contributed by atoms with E-state index in [0.717, 1.165) is 35.4 Å². The summed E-state index contributed by atoms with van der Waals surface area (Å²) in [5.41, 5.74) is 2.85. The highest BCUT2D eigenvalue weighted by atomic mass is 19.1. The highest BCUT2D eigenvalue weighted by Gasteiger charge is 2.18. The van der Waals surface area contributed by atoms with E-state index >= 15 is 0 Å². The number of para-hydroxylation sites is 1. The number of halogens is 1. The molecule has 1 N–H and O–H groups in total. The summed E-state index contributed by atoms with van der Waals surface area (Å²) in [7, 11) is 0. The van der Waals surface area contributed by atoms with Crippen LogP contribution in [0.4, 0.5) is 4.39 Å². The maximum Gasteiger partial charge on any atom is 0.268 e. The van der Waals surface area contributed by atoms with E-state index in [9.17, 15) is 9.18 Å². The normalized spacial score (nSPS) is 13.4. The zero-order chi connectivity index (χ0) is 20.5. The third-order valence-electron chi connectivity index (χ3n) is 5.72. The summed E-state index contributed by atoms with van der Waals surface area (Å²) in [4.78, 5) is 17.7. The Balaban J connectivity index is 1.42. The van der Waals surface area contributed by atoms with Gasteiger partial charge in [0, 0.05) is 35.6 Å². The monoisotopic (exact) mass is 402 g/mol. The molecule has 1 aliphatic rings. The van der Waals surface area contributed by atoms with Crippen molar-refractivity contribution in [2.75, 3.05) is 0 Å². The summed E-state index contributed by atoms with van der Waals surface area (Å²) >= 11 is 0. The molecule has 0 aliphatic carbocycles. The van der Waals surface area contributed by atoms with E-state index in [1.165, 1.54) is 18.9 Å². The van der Waals surface area contributed by atoms with Crippen LogP contribution in [0.2, 0.25) is 0 Å². The number of carbonyl (C=O) groups excluding carboxylic acids is 1. The summed E-state index contributed by atoms with van der Waals surface area (Å²) in [6.07, 6.45) is 5.36. The topological polar surface area (TPSA) is 51.9 Å². The fourth-order valence-electron chi connectivity index (χ4n) is 4.18. The summed E-state index contributed by atoms with van der Waals surface area (Å²) < 4.78 is 18.3. The Morgan fingerprint density at radius 3 is 2.80 bits per heavy atom. The Kier molecular flexibility index (Phi) is 4.83. The van der Waals surface area contributed by atoms with Crippen LogP contribution in [0.15, 0.2) is 60.8 Å². The molecule has 0 spiro atoms. The molecular weight excluding hydrogens is 379 g/mol. The molecule has 30 heavy (non-hydrogen) atoms. The smallest absolute Gasteiger partial charge is 0.268 e. The number of aromatic nitrogens is 3. The molecule has 6 heteroatoms. The Morgan fingerprint density at radius 1 is 1.10 bits per heavy atom. The van der Waals surface area contributed by atoms with Crippen molar-refractivity contribution in [3.63, 3.8) is 0 Å². The van der Waals surface area contributed by atoms with Crippen LogP contribution >= 0.6 is 0 Å². The highest BCUT2D eigenvalue weighted by Crippen LogP contribution is 2.22. The van der Waals surface area contributed by atoms with Crippen LogP contribution in [-0.2, 0) is 26.1 Å². The van der Waals surface area contributed by atoms with Gasteiger partial charge in [0.15, 0.2) is 0 Å². The van der Waals surface area contributed by atoms with E-state index in [0.29, 0.717) is 24.3 Å². The maximum absolute atomic E-state index is 14.3. The van der Waals surface area contributed by atoms with Gasteiger partial charge in [0.05, 0.1) is 18.8 Å². The van der Waals surface area contributed by atoms with Crippen molar-refractivity contribution in [1.82, 2.24) is 19.4 Å². The lowest BCUT2D eigenvalue weighted by Gasteiger charge is -2.12. The molecule has 2 aromatic carbocycles. The SMILES string of the molecule is O=C(NCc1cn2c(n1)CCCC2)c1cc2ccccc2n1Cc1ccccc1F. The predicted octanol–water partition coefficient (Wildman–Crippen LogP) is 4.29. The molecule has 5 nitrogen and oxygen atoms in total. The molecule has 3 heterocycles. The average Bonchev–Trinajstić information content (AvgIpc) is 3.35. The van der Waals surface area contributed by atoms with Crippen molar-refractivity contribution < 1.29 is 9.18 Å². The average molecular weight is 402 g/mol. The summed E-state index contributed by atoms with van der Waals surface area (Å²) in [6, 6.07) is 16.3. The Bertz CT molecular complexity index is 1200. The molecule has 1 aliphatic heterocycles. The zero-order valence-corrected chi connectivity index (χ0v) is 16.6. The first-order valence-electron chi connectivity index (χ1n) is 10.3. The number of nitrogens with one attached hydrogen (secondary N) is 1. The van der Waals surface area contributed by atoms with E-state index in [2.05, 4.69) is 14.9 Å². The van der Waals surface area contributed by atoms with Gasteiger partial charge < -0.3 is 14.5 Å². The Labute approximate surface area is 174 Å². The number of carbonyl (C=O) groups is 1. The van der Waals surface area contributed by atoms with Crippen molar-refractivity contribution in [2.24, 2.45) is 0 Å². The van der Waals surface area contributed by atoms with Gasteiger partial charge in [-0.1, -0.05) is 36.4 Å². The van der Waals surface area contributed by atoms with Crippen molar-refractivity contribution in [1.29, 1.82) is 0 Å². The lowest BCUT2D eigenvalue weighted by Crippen LogP contribution is -2.26. The van der Waals surface area contributed by atoms with Gasteiger partial charge in [-0.2, -0.15) is 0 Å². The lowest BCUT2D eigenvalue weighted by molar-refractivity contribution is 0.0942. The minimum absolute atomic E-state index is 0.187. The summed E-state index contributed by atoms with van der Waals surface area (Å²) in [6.45, 7) is 1.66. The summed E-state index contributed by atoms with van der Waals surface area (Å²) in [5.74, 6) is 0.637. The zero-order valence-electron chi connectivity index (χ0n) is 16.6. The first-order valence-corrected chi connectivity index (χ1v) is 10.3. The lowest BCUT2D eigenvalue weighted by atomic mass is 10.2. The molecule has 5 rings (SSSR count). The second-order valence-electron chi connectivity index (χ2n) is 7.75. The van der Waals surface area contributed by atoms with E-state index < -0.39 is 0 Å². The number of benzene rings is 2. The highest BCUT2D eigenvalue weighted by molar-refractivity contribution is 5.98. The third kappa shape index (κ3) is 3.49. The molecule has 0 saturated carbocycles. The number of nitrogens with zero attached hydrogens (tertiary/aromatic N) is 3. The van der Waals surface area contributed by atoms with Gasteiger partial charge in [0.1, 0.15) is 17.3 Å². The van der Waals surface area contributed by atoms with Gasteiger partial charge in [-0.25, -0.2) is 9.37 Å². The van der Waals surface area contributed by atoms with Crippen molar-refractivity contribution >= 4 is 16.8 Å². The van der Waals surface area contributed by atoms with E-state index in [4.69, 9.17) is 0 Å². The van der Waals surface area contributed by atoms with Gasteiger partial charge in [-0.05, 0) is 31.0 Å². The first-order chi connectivity index (χ1) is 14.7. The van der Waals surface area contributed by atoms with Crippen LogP contribution < -0.4 is 5.32 Å². The second kappa shape index (κ2) is 7.78. The molecule has 0 unspecified atom stereocenters. The number of rotatable bonds is 5. The molecule has 0 saturated heterocycles. The fourth-order valence-corrected chi connectivity index (χ4v) is 4.18. The minimum Gasteiger partial charge on any atom is -0.345 e. The Morgan fingerprint density at radius 2 is 1.93 bits per heavy atom. The van der Waals surface area contributed by atoms with Gasteiger partial charge in [0.2, 0.25) is 0 Å². The van der Waals surface area contributed by atoms with Crippen LogP contribution in [0, 0.1) is 5.82 Å². The second-order valence-corrected chi connectivity index (χ2v) is 7.75. The van der Waals surface area contributed by atoms with E-state index in [-0.39, 0.29) is 11.7 Å². The quantitative estimate of drug-likeness (QED) is 0.541. The van der Waals surface area contributed by atoms with Crippen molar-refractivity contribution in [3.05, 3.63) is 89.4 Å². The van der Waals surface area contributed by atoms with Gasteiger partial charge >= 0.3 is 0 Å². The fraction of sp³-hybridized carbons (Fsp3) is 0.250. The Hall–Kier alpha value is -3.41. The standard InChI is InChI=1S/C24H23FN4O/c25-20-9-3-1-8-18(20)15-29-21-10-4-2-7-17(21)13-22(29)24(30)26-14-19-16-28-12-6-5-11-23(28)27-19/h1-4,7-10,13,16H,5-6,11-12,14-15H2,(H,26,30). The van der Waals surface area contributed by atoms with E-state index in [1.54, 1.807) is 12.1 Å². The molecule has 2 aromatic heterocycles. The molecule has 0 bridgehead atoms. The number of amides is 1. The molecule has 0 fully saturated rings. The van der Waals surface area contributed by atoms with Gasteiger partial charge in [0.25, 0.3) is 5.91 Å². The molecule has 152 valence electrons. The summed E-state index contributed by atoms with van der Waals surface area (Å²) in [5, 5.41) is 3.95. The van der Waals surface area contributed by atoms with Crippen LogP contribution in [0.25, 0.3) is 10.9 Å². The van der Waals surface area contributed by atoms with Crippen molar-refractivity contribution in [3.8, 4) is 0 Å². The van der Waals surface area contributed by atoms with E-state index in [1.807, 2.05) is 47.2 Å². The van der Waals surface area contributed by atoms with Crippen LogP contribution in [-0.4, -0.2) is 20.0 Å². The minimum atomic E-state index is -0.273. The van der Waals surface area contributed by atoms with Crippen LogP contribution in [0.1, 0.15) is 40.4 Å². The van der Waals surface area contributed by atoms with Gasteiger partial charge in [-0.3, -0.25) is 4.79 Å². The van der Waals surface area contributed by atoms with Gasteiger partial charge in [-0.15, -0.1) is 0 Å². The molecule has 4 aromatic rings. The van der Waals surface area contributed by atoms with Crippen LogP contribution in [0.3, 0.4) is 0 Å². The number of aryl methyl sites for hydroxylation is 2. The first kappa shape index (κ1) is 18.6. The number of imidazole rings is 1. The number of hydrogen-bond acceptors (Lipinski definition) is 2. The maximum atomic E-state index is 14.3. The van der Waals surface area contributed by atoms with Crippen molar-refractivity contribution in [2.45, 2.75) is 38.9 Å². The number of hydrogen-bond donors (Lipinski definition) is 1. The largest absolute Gasteiger partial charge is 0.345 e. The predicted molar refractivity (Wildman–Crippen MR) is 114 cm³/mol. The number of fused-ring (bicyclic) bond motifs is 2. The van der Waals surface area contributed by atoms with Crippen LogP contribution in [0.5, 0.6) is 0 Å². The molecule has 0 radical (unpaired) electrons.